The number of hydrogen-bond acceptors (Lipinski definition) is 6. The molecule has 1 amide bonds. The van der Waals surface area contributed by atoms with Crippen molar-refractivity contribution in [1.82, 2.24) is 4.72 Å². The SMILES string of the molecule is C[C@@H]1/C=C\C(=O)[C@@H]2CC[C@H]2CN2C[C@@]3(CCCc4cc(Cl)ccc43)COc3ccc(cc32)C(=O)NS(=O)(=O)CC1(C)C. The first kappa shape index (κ1) is 29.2. The van der Waals surface area contributed by atoms with E-state index in [2.05, 4.69) is 21.8 Å². The van der Waals surface area contributed by atoms with Crippen LogP contribution in [-0.4, -0.2) is 45.6 Å². The Hall–Kier alpha value is -2.84. The maximum absolute atomic E-state index is 13.4. The number of amides is 1. The molecule has 1 fully saturated rings. The quantitative estimate of drug-likeness (QED) is 0.411. The predicted octanol–water partition coefficient (Wildman–Crippen LogP) is 5.70. The third-order valence-corrected chi connectivity index (χ3v) is 12.0. The van der Waals surface area contributed by atoms with Gasteiger partial charge in [-0.2, -0.15) is 0 Å². The maximum atomic E-state index is 13.4. The lowest BCUT2D eigenvalue weighted by atomic mass is 9.68. The maximum Gasteiger partial charge on any atom is 0.264 e. The number of hydrogen-bond donors (Lipinski definition) is 1. The lowest BCUT2D eigenvalue weighted by Crippen LogP contribution is -2.49. The molecular weight excluding hydrogens is 572 g/mol. The second-order valence-electron chi connectivity index (χ2n) is 13.5. The molecule has 2 aromatic rings. The molecular formula is C33H39ClN2O5S. The largest absolute Gasteiger partial charge is 0.490 e. The smallest absolute Gasteiger partial charge is 0.264 e. The van der Waals surface area contributed by atoms with Crippen molar-refractivity contribution in [2.45, 2.75) is 58.3 Å². The number of nitrogens with zero attached hydrogens (tertiary/aromatic N) is 1. The van der Waals surface area contributed by atoms with Crippen molar-refractivity contribution in [3.8, 4) is 5.75 Å². The van der Waals surface area contributed by atoms with Crippen LogP contribution in [0.5, 0.6) is 5.75 Å². The number of ketones is 1. The van der Waals surface area contributed by atoms with E-state index in [0.717, 1.165) is 42.8 Å². The summed E-state index contributed by atoms with van der Waals surface area (Å²) in [5, 5.41) is 0.723. The lowest BCUT2D eigenvalue weighted by molar-refractivity contribution is -0.122. The zero-order valence-corrected chi connectivity index (χ0v) is 26.1. The third kappa shape index (κ3) is 5.48. The number of nitrogens with one attached hydrogen (secondary N) is 1. The van der Waals surface area contributed by atoms with E-state index < -0.39 is 21.3 Å². The summed E-state index contributed by atoms with van der Waals surface area (Å²) in [5.41, 5.74) is 2.52. The number of ether oxygens (including phenoxy) is 1. The molecule has 0 unspecified atom stereocenters. The fraction of sp³-hybridized carbons (Fsp3) is 0.515. The third-order valence-electron chi connectivity index (χ3n) is 10.1. The van der Waals surface area contributed by atoms with Crippen LogP contribution >= 0.6 is 11.6 Å². The van der Waals surface area contributed by atoms with E-state index in [-0.39, 0.29) is 40.3 Å². The summed E-state index contributed by atoms with van der Waals surface area (Å²) >= 11 is 6.38. The van der Waals surface area contributed by atoms with Gasteiger partial charge >= 0.3 is 0 Å². The molecule has 4 aliphatic rings. The molecule has 2 bridgehead atoms. The molecule has 7 nitrogen and oxygen atoms in total. The number of carbonyl (C=O) groups is 2. The minimum Gasteiger partial charge on any atom is -0.490 e. The number of fused-ring (bicyclic) bond motifs is 4. The highest BCUT2D eigenvalue weighted by Crippen LogP contribution is 2.46. The van der Waals surface area contributed by atoms with Crippen LogP contribution in [0.15, 0.2) is 48.6 Å². The van der Waals surface area contributed by atoms with E-state index in [4.69, 9.17) is 16.3 Å². The van der Waals surface area contributed by atoms with Gasteiger partial charge in [-0.15, -0.1) is 0 Å². The molecule has 0 radical (unpaired) electrons. The molecule has 0 saturated heterocycles. The van der Waals surface area contributed by atoms with Gasteiger partial charge in [-0.1, -0.05) is 44.5 Å². The summed E-state index contributed by atoms with van der Waals surface area (Å²) in [6, 6.07) is 11.3. The molecule has 2 heterocycles. The first-order valence-corrected chi connectivity index (χ1v) is 17.0. The molecule has 224 valence electrons. The van der Waals surface area contributed by atoms with Gasteiger partial charge < -0.3 is 9.64 Å². The van der Waals surface area contributed by atoms with Crippen molar-refractivity contribution >= 4 is 39.0 Å². The predicted molar refractivity (Wildman–Crippen MR) is 165 cm³/mol. The van der Waals surface area contributed by atoms with Crippen LogP contribution in [-0.2, 0) is 26.7 Å². The van der Waals surface area contributed by atoms with Gasteiger partial charge in [0.25, 0.3) is 5.91 Å². The number of halogens is 1. The van der Waals surface area contributed by atoms with Crippen molar-refractivity contribution in [3.63, 3.8) is 0 Å². The van der Waals surface area contributed by atoms with Crippen molar-refractivity contribution in [1.29, 1.82) is 0 Å². The van der Waals surface area contributed by atoms with Gasteiger partial charge in [0.15, 0.2) is 5.78 Å². The fourth-order valence-electron chi connectivity index (χ4n) is 7.18. The number of anilines is 1. The Morgan fingerprint density at radius 3 is 2.67 bits per heavy atom. The number of rotatable bonds is 0. The standard InChI is InChI=1S/C33H39ClN2O5S/c1-21-6-12-29(37)26-10-7-24(26)17-36-18-33(14-4-5-22-15-25(34)9-11-27(22)33)19-41-30-13-8-23(16-28(30)36)31(38)35-42(39,40)20-32(21,2)3/h6,8-9,11-13,15-16,21,24,26H,4-5,7,10,14,17-20H2,1-3H3,(H,35,38)/b12-6-/t21-,24+,26-,33+/m1/s1. The van der Waals surface area contributed by atoms with E-state index in [9.17, 15) is 18.0 Å². The van der Waals surface area contributed by atoms with Crippen LogP contribution in [0.3, 0.4) is 0 Å². The number of benzene rings is 2. The van der Waals surface area contributed by atoms with Crippen LogP contribution in [0.1, 0.15) is 67.9 Å². The zero-order valence-electron chi connectivity index (χ0n) is 24.5. The average molecular weight is 611 g/mol. The normalized spacial score (nSPS) is 31.0. The molecule has 4 atom stereocenters. The Morgan fingerprint density at radius 1 is 1.10 bits per heavy atom. The van der Waals surface area contributed by atoms with Crippen molar-refractivity contribution in [3.05, 3.63) is 70.3 Å². The molecule has 1 spiro atoms. The van der Waals surface area contributed by atoms with Crippen LogP contribution in [0.25, 0.3) is 0 Å². The van der Waals surface area contributed by atoms with E-state index in [1.165, 1.54) is 11.1 Å². The second kappa shape index (κ2) is 10.7. The average Bonchev–Trinajstić information content (AvgIpc) is 3.05. The van der Waals surface area contributed by atoms with Gasteiger partial charge in [-0.3, -0.25) is 9.59 Å². The monoisotopic (exact) mass is 610 g/mol. The molecule has 6 rings (SSSR count). The Labute approximate surface area is 253 Å². The highest BCUT2D eigenvalue weighted by molar-refractivity contribution is 7.90. The van der Waals surface area contributed by atoms with Gasteiger partial charge in [-0.05, 0) is 96.9 Å². The first-order chi connectivity index (χ1) is 19.9. The van der Waals surface area contributed by atoms with Gasteiger partial charge in [0.05, 0.1) is 18.0 Å². The Balaban J connectivity index is 1.43. The van der Waals surface area contributed by atoms with Gasteiger partial charge in [0.2, 0.25) is 10.0 Å². The van der Waals surface area contributed by atoms with Crippen molar-refractivity contribution in [2.75, 3.05) is 30.3 Å². The molecule has 1 N–H and O–H groups in total. The van der Waals surface area contributed by atoms with Gasteiger partial charge in [0, 0.05) is 35.0 Å². The molecule has 0 aromatic heterocycles. The summed E-state index contributed by atoms with van der Waals surface area (Å²) in [4.78, 5) is 29.0. The minimum absolute atomic E-state index is 0.0827. The van der Waals surface area contributed by atoms with E-state index >= 15 is 0 Å². The number of allylic oxidation sites excluding steroid dienone is 2. The van der Waals surface area contributed by atoms with E-state index in [1.807, 2.05) is 32.9 Å². The van der Waals surface area contributed by atoms with E-state index in [0.29, 0.717) is 25.4 Å². The summed E-state index contributed by atoms with van der Waals surface area (Å²) < 4.78 is 35.1. The lowest BCUT2D eigenvalue weighted by Gasteiger charge is -2.44. The Morgan fingerprint density at radius 2 is 1.90 bits per heavy atom. The molecule has 2 aromatic carbocycles. The molecule has 2 aliphatic carbocycles. The van der Waals surface area contributed by atoms with Gasteiger partial charge in [-0.25, -0.2) is 13.1 Å². The minimum atomic E-state index is -3.95. The Bertz CT molecular complexity index is 1570. The summed E-state index contributed by atoms with van der Waals surface area (Å²) in [7, 11) is -3.95. The van der Waals surface area contributed by atoms with E-state index in [1.54, 1.807) is 24.3 Å². The topological polar surface area (TPSA) is 92.8 Å². The highest BCUT2D eigenvalue weighted by atomic mass is 35.5. The first-order valence-electron chi connectivity index (χ1n) is 14.9. The van der Waals surface area contributed by atoms with Crippen LogP contribution in [0.4, 0.5) is 5.69 Å². The fourth-order valence-corrected chi connectivity index (χ4v) is 9.09. The van der Waals surface area contributed by atoms with Crippen LogP contribution in [0, 0.1) is 23.2 Å². The summed E-state index contributed by atoms with van der Waals surface area (Å²) in [6.07, 6.45) is 8.20. The molecule has 9 heteroatoms. The molecule has 2 aliphatic heterocycles. The number of carbonyl (C=O) groups excluding carboxylic acids is 2. The van der Waals surface area contributed by atoms with Gasteiger partial charge in [0.1, 0.15) is 5.75 Å². The molecule has 1 saturated carbocycles. The number of aryl methyl sites for hydroxylation is 1. The second-order valence-corrected chi connectivity index (χ2v) is 15.6. The summed E-state index contributed by atoms with van der Waals surface area (Å²) in [6.45, 7) is 7.39. The highest BCUT2D eigenvalue weighted by Gasteiger charge is 2.44. The van der Waals surface area contributed by atoms with Crippen LogP contribution < -0.4 is 14.4 Å². The zero-order chi connectivity index (χ0) is 29.9. The Kier molecular flexibility index (Phi) is 7.45. The van der Waals surface area contributed by atoms with Crippen molar-refractivity contribution in [2.24, 2.45) is 23.2 Å². The molecule has 42 heavy (non-hydrogen) atoms. The van der Waals surface area contributed by atoms with Crippen molar-refractivity contribution < 1.29 is 22.7 Å². The summed E-state index contributed by atoms with van der Waals surface area (Å²) in [5.74, 6) is -0.239. The number of sulfonamides is 1. The van der Waals surface area contributed by atoms with Crippen LogP contribution in [0.2, 0.25) is 5.02 Å².